The van der Waals surface area contributed by atoms with Crippen molar-refractivity contribution in [2.45, 2.75) is 12.5 Å². The molecule has 3 N–H and O–H groups in total. The number of nitrogens with zero attached hydrogens (tertiary/aromatic N) is 3. The summed E-state index contributed by atoms with van der Waals surface area (Å²) in [7, 11) is 4.08. The molecule has 0 saturated carbocycles. The van der Waals surface area contributed by atoms with E-state index in [4.69, 9.17) is 4.74 Å². The van der Waals surface area contributed by atoms with Crippen LogP contribution < -0.4 is 15.6 Å². The average Bonchev–Trinajstić information content (AvgIpc) is 3.31. The molecule has 1 aromatic heterocycles. The number of aromatic nitrogens is 3. The molecule has 2 aromatic carbocycles. The largest absolute Gasteiger partial charge is 0.492 e. The van der Waals surface area contributed by atoms with Crippen LogP contribution in [0.4, 0.5) is 5.69 Å². The van der Waals surface area contributed by atoms with Crippen LogP contribution in [0.3, 0.4) is 0 Å². The van der Waals surface area contributed by atoms with E-state index in [-0.39, 0.29) is 5.54 Å². The lowest BCUT2D eigenvalue weighted by Gasteiger charge is -2.26. The van der Waals surface area contributed by atoms with Gasteiger partial charge in [-0.2, -0.15) is 5.10 Å². The Labute approximate surface area is 158 Å². The van der Waals surface area contributed by atoms with E-state index in [0.29, 0.717) is 6.61 Å². The number of H-pyrrole nitrogens is 1. The van der Waals surface area contributed by atoms with Gasteiger partial charge < -0.3 is 15.1 Å². The molecule has 27 heavy (non-hydrogen) atoms. The average molecular weight is 364 g/mol. The number of nitrogens with one attached hydrogen (secondary N) is 3. The molecule has 1 atom stereocenters. The summed E-state index contributed by atoms with van der Waals surface area (Å²) in [6.45, 7) is 3.73. The van der Waals surface area contributed by atoms with Crippen LogP contribution in [0.15, 0.2) is 48.8 Å². The fraction of sp³-hybridized carbons (Fsp3) is 0.300. The first-order valence-electron chi connectivity index (χ1n) is 8.98. The number of ether oxygens (including phenoxy) is 1. The monoisotopic (exact) mass is 364 g/mol. The predicted octanol–water partition coefficient (Wildman–Crippen LogP) is 2.61. The van der Waals surface area contributed by atoms with Crippen LogP contribution in [0.25, 0.3) is 11.4 Å². The Bertz CT molecular complexity index is 907. The van der Waals surface area contributed by atoms with Gasteiger partial charge >= 0.3 is 0 Å². The minimum absolute atomic E-state index is 0.354. The van der Waals surface area contributed by atoms with Crippen molar-refractivity contribution in [3.63, 3.8) is 0 Å². The molecule has 0 aliphatic carbocycles. The van der Waals surface area contributed by atoms with Crippen molar-refractivity contribution >= 4 is 5.69 Å². The van der Waals surface area contributed by atoms with Crippen LogP contribution in [-0.2, 0) is 5.54 Å². The summed E-state index contributed by atoms with van der Waals surface area (Å²) in [6.07, 6.45) is 1.52. The Hall–Kier alpha value is -2.90. The van der Waals surface area contributed by atoms with Crippen molar-refractivity contribution in [3.8, 4) is 17.1 Å². The summed E-state index contributed by atoms with van der Waals surface area (Å²) in [5.41, 5.74) is 10.7. The van der Waals surface area contributed by atoms with E-state index in [2.05, 4.69) is 62.1 Å². The molecule has 1 aliphatic heterocycles. The van der Waals surface area contributed by atoms with Crippen molar-refractivity contribution in [3.05, 3.63) is 59.9 Å². The van der Waals surface area contributed by atoms with Gasteiger partial charge in [0.25, 0.3) is 0 Å². The molecule has 7 nitrogen and oxygen atoms in total. The fourth-order valence-corrected chi connectivity index (χ4v) is 3.28. The molecule has 3 aromatic rings. The number of anilines is 1. The minimum Gasteiger partial charge on any atom is -0.492 e. The number of likely N-dealkylation sites (N-methyl/N-ethyl adjacent to an activating group) is 1. The van der Waals surface area contributed by atoms with E-state index in [0.717, 1.165) is 40.5 Å². The second-order valence-electron chi connectivity index (χ2n) is 7.15. The Morgan fingerprint density at radius 2 is 1.93 bits per heavy atom. The van der Waals surface area contributed by atoms with Crippen LogP contribution in [0.5, 0.6) is 5.75 Å². The molecular formula is C20H24N6O. The maximum absolute atomic E-state index is 5.81. The summed E-state index contributed by atoms with van der Waals surface area (Å²) in [4.78, 5) is 6.36. The molecule has 1 unspecified atom stereocenters. The van der Waals surface area contributed by atoms with Crippen molar-refractivity contribution in [1.29, 1.82) is 0 Å². The summed E-state index contributed by atoms with van der Waals surface area (Å²) >= 11 is 0. The maximum atomic E-state index is 5.81. The zero-order chi connectivity index (χ0) is 18.9. The number of hydrogen-bond donors (Lipinski definition) is 3. The Morgan fingerprint density at radius 1 is 1.11 bits per heavy atom. The van der Waals surface area contributed by atoms with Gasteiger partial charge in [-0.15, -0.1) is 0 Å². The second kappa shape index (κ2) is 7.02. The van der Waals surface area contributed by atoms with E-state index in [1.165, 1.54) is 6.33 Å². The molecule has 2 heterocycles. The van der Waals surface area contributed by atoms with Gasteiger partial charge in [0.05, 0.1) is 11.2 Å². The third kappa shape index (κ3) is 3.39. The Balaban J connectivity index is 1.59. The molecule has 7 heteroatoms. The van der Waals surface area contributed by atoms with Gasteiger partial charge in [-0.25, -0.2) is 10.4 Å². The van der Waals surface area contributed by atoms with Crippen molar-refractivity contribution < 1.29 is 4.74 Å². The lowest BCUT2D eigenvalue weighted by atomic mass is 9.85. The smallest absolute Gasteiger partial charge is 0.155 e. The highest BCUT2D eigenvalue weighted by atomic mass is 16.5. The van der Waals surface area contributed by atoms with E-state index in [1.807, 2.05) is 32.3 Å². The highest BCUT2D eigenvalue weighted by molar-refractivity contribution is 5.69. The number of hydrazine groups is 1. The third-order valence-corrected chi connectivity index (χ3v) is 4.93. The first kappa shape index (κ1) is 17.5. The molecule has 0 bridgehead atoms. The molecule has 0 fully saturated rings. The van der Waals surface area contributed by atoms with Gasteiger partial charge in [0.15, 0.2) is 5.82 Å². The lowest BCUT2D eigenvalue weighted by Crippen LogP contribution is -2.37. The topological polar surface area (TPSA) is 78.1 Å². The zero-order valence-electron chi connectivity index (χ0n) is 15.8. The normalized spacial score (nSPS) is 18.4. The molecule has 140 valence electrons. The summed E-state index contributed by atoms with van der Waals surface area (Å²) < 4.78 is 5.81. The van der Waals surface area contributed by atoms with Crippen molar-refractivity contribution in [2.24, 2.45) is 0 Å². The third-order valence-electron chi connectivity index (χ3n) is 4.93. The van der Waals surface area contributed by atoms with Crippen molar-refractivity contribution in [2.75, 3.05) is 32.7 Å². The Morgan fingerprint density at radius 3 is 2.63 bits per heavy atom. The fourth-order valence-electron chi connectivity index (χ4n) is 3.28. The zero-order valence-corrected chi connectivity index (χ0v) is 15.8. The van der Waals surface area contributed by atoms with E-state index >= 15 is 0 Å². The quantitative estimate of drug-likeness (QED) is 0.624. The standard InChI is InChI=1S/C20H24N6O/c1-20(15-5-7-16(8-6-15)27-11-10-26(2)3)17-12-14(19-21-13-22-24-19)4-9-18(17)23-25-20/h4-9,12-13,23,25H,10-11H2,1-3H3,(H,21,22,24). The van der Waals surface area contributed by atoms with Crippen LogP contribution in [0.1, 0.15) is 18.1 Å². The summed E-state index contributed by atoms with van der Waals surface area (Å²) in [5.74, 6) is 1.64. The van der Waals surface area contributed by atoms with Crippen LogP contribution in [-0.4, -0.2) is 47.3 Å². The molecule has 0 spiro atoms. The van der Waals surface area contributed by atoms with Crippen molar-refractivity contribution in [1.82, 2.24) is 25.5 Å². The van der Waals surface area contributed by atoms with Gasteiger partial charge in [-0.05, 0) is 56.9 Å². The minimum atomic E-state index is -0.354. The maximum Gasteiger partial charge on any atom is 0.155 e. The van der Waals surface area contributed by atoms with E-state index in [9.17, 15) is 0 Å². The molecule has 1 aliphatic rings. The van der Waals surface area contributed by atoms with E-state index in [1.54, 1.807) is 0 Å². The first-order chi connectivity index (χ1) is 13.1. The summed E-state index contributed by atoms with van der Waals surface area (Å²) in [6, 6.07) is 14.5. The van der Waals surface area contributed by atoms with Crippen LogP contribution in [0, 0.1) is 0 Å². The number of benzene rings is 2. The number of rotatable bonds is 6. The first-order valence-corrected chi connectivity index (χ1v) is 8.98. The molecule has 0 amide bonds. The van der Waals surface area contributed by atoms with Gasteiger partial charge in [-0.3, -0.25) is 5.10 Å². The molecule has 4 rings (SSSR count). The molecule has 0 saturated heterocycles. The van der Waals surface area contributed by atoms with Crippen LogP contribution in [0.2, 0.25) is 0 Å². The van der Waals surface area contributed by atoms with Gasteiger partial charge in [0.2, 0.25) is 0 Å². The lowest BCUT2D eigenvalue weighted by molar-refractivity contribution is 0.261. The number of hydrogen-bond acceptors (Lipinski definition) is 6. The number of aromatic amines is 1. The van der Waals surface area contributed by atoms with Gasteiger partial charge in [0.1, 0.15) is 18.7 Å². The number of fused-ring (bicyclic) bond motifs is 1. The SMILES string of the molecule is CN(C)CCOc1ccc(C2(C)NNc3ccc(-c4ncn[nH]4)cc32)cc1. The summed E-state index contributed by atoms with van der Waals surface area (Å²) in [5, 5.41) is 6.87. The van der Waals surface area contributed by atoms with Crippen LogP contribution >= 0.6 is 0 Å². The molecule has 0 radical (unpaired) electrons. The van der Waals surface area contributed by atoms with E-state index < -0.39 is 0 Å². The molecular weight excluding hydrogens is 340 g/mol. The highest BCUT2D eigenvalue weighted by Gasteiger charge is 2.36. The highest BCUT2D eigenvalue weighted by Crippen LogP contribution is 2.40. The predicted molar refractivity (Wildman–Crippen MR) is 106 cm³/mol. The second-order valence-corrected chi connectivity index (χ2v) is 7.15. The van der Waals surface area contributed by atoms with Gasteiger partial charge in [-0.1, -0.05) is 12.1 Å². The Kier molecular flexibility index (Phi) is 4.55. The van der Waals surface area contributed by atoms with Gasteiger partial charge in [0, 0.05) is 17.7 Å².